The lowest BCUT2D eigenvalue weighted by atomic mass is 10.0. The Kier molecular flexibility index (Phi) is 63.6. The Hall–Kier alpha value is -2.63. The van der Waals surface area contributed by atoms with Crippen LogP contribution in [0.25, 0.3) is 0 Å². The van der Waals surface area contributed by atoms with Crippen molar-refractivity contribution in [1.82, 2.24) is 0 Å². The van der Waals surface area contributed by atoms with Gasteiger partial charge in [-0.25, -0.2) is 0 Å². The molecule has 1 unspecified atom stereocenters. The Morgan fingerprint density at radius 2 is 0.468 bits per heavy atom. The number of hydrogen-bond donors (Lipinski definition) is 0. The largest absolute Gasteiger partial charge is 0.462 e. The van der Waals surface area contributed by atoms with Crippen molar-refractivity contribution in [3.8, 4) is 0 Å². The van der Waals surface area contributed by atoms with Crippen LogP contribution < -0.4 is 0 Å². The number of ether oxygens (including phenoxy) is 3. The third-order valence-electron chi connectivity index (χ3n) is 15.3. The molecular weight excluding hydrogens is 949 g/mol. The molecule has 0 radical (unpaired) electrons. The molecular formula is C71H130O6. The molecule has 0 spiro atoms. The molecule has 0 aliphatic heterocycles. The first-order valence-corrected chi connectivity index (χ1v) is 34.1. The fourth-order valence-corrected chi connectivity index (χ4v) is 10.2. The summed E-state index contributed by atoms with van der Waals surface area (Å²) >= 11 is 0. The molecule has 0 aromatic heterocycles. The van der Waals surface area contributed by atoms with E-state index in [1.165, 1.54) is 257 Å². The summed E-state index contributed by atoms with van der Waals surface area (Å²) in [7, 11) is 0. The van der Waals surface area contributed by atoms with Gasteiger partial charge in [-0.2, -0.15) is 0 Å². The lowest BCUT2D eigenvalue weighted by Crippen LogP contribution is -2.30. The van der Waals surface area contributed by atoms with Crippen LogP contribution in [-0.2, 0) is 28.6 Å². The summed E-state index contributed by atoms with van der Waals surface area (Å²) in [6.07, 6.45) is 83.0. The van der Waals surface area contributed by atoms with Crippen LogP contribution in [0.2, 0.25) is 0 Å². The zero-order valence-corrected chi connectivity index (χ0v) is 51.7. The van der Waals surface area contributed by atoms with Gasteiger partial charge in [0, 0.05) is 19.3 Å². The molecule has 0 heterocycles. The molecule has 450 valence electrons. The van der Waals surface area contributed by atoms with Crippen molar-refractivity contribution in [2.24, 2.45) is 0 Å². The molecule has 0 saturated heterocycles. The molecule has 0 N–H and O–H groups in total. The number of allylic oxidation sites excluding steroid dienone is 8. The molecule has 0 aliphatic rings. The van der Waals surface area contributed by atoms with Crippen molar-refractivity contribution >= 4 is 17.9 Å². The standard InChI is InChI=1S/C71H130O6/c1-4-7-10-13-16-19-21-23-25-27-29-30-31-32-33-34-35-36-37-38-39-40-41-42-43-45-46-48-50-52-55-58-61-64-70(73)76-67-68(66-75-69(72)63-60-57-54-18-15-12-9-6-3)77-71(74)65-62-59-56-53-51-49-47-44-28-26-24-22-20-17-14-11-8-5-2/h21,23,26-29,31-32,68H,4-20,22,24-25,30,33-67H2,1-3H3/b23-21-,28-26-,29-27-,32-31-. The maximum Gasteiger partial charge on any atom is 0.306 e. The van der Waals surface area contributed by atoms with E-state index in [0.717, 1.165) is 70.6 Å². The molecule has 77 heavy (non-hydrogen) atoms. The van der Waals surface area contributed by atoms with Gasteiger partial charge in [-0.15, -0.1) is 0 Å². The Morgan fingerprint density at radius 3 is 0.740 bits per heavy atom. The highest BCUT2D eigenvalue weighted by atomic mass is 16.6. The van der Waals surface area contributed by atoms with Crippen LogP contribution in [0.15, 0.2) is 48.6 Å². The minimum absolute atomic E-state index is 0.0700. The molecule has 1 atom stereocenters. The highest BCUT2D eigenvalue weighted by Gasteiger charge is 2.19. The average Bonchev–Trinajstić information content (AvgIpc) is 3.43. The highest BCUT2D eigenvalue weighted by molar-refractivity contribution is 5.71. The molecule has 0 aromatic carbocycles. The van der Waals surface area contributed by atoms with Gasteiger partial charge >= 0.3 is 17.9 Å². The van der Waals surface area contributed by atoms with Gasteiger partial charge in [0.2, 0.25) is 0 Å². The molecule has 6 heteroatoms. The van der Waals surface area contributed by atoms with Gasteiger partial charge in [0.05, 0.1) is 0 Å². The summed E-state index contributed by atoms with van der Waals surface area (Å²) in [4.78, 5) is 38.1. The van der Waals surface area contributed by atoms with Crippen molar-refractivity contribution in [2.75, 3.05) is 13.2 Å². The van der Waals surface area contributed by atoms with Crippen LogP contribution in [0.5, 0.6) is 0 Å². The van der Waals surface area contributed by atoms with E-state index in [2.05, 4.69) is 69.4 Å². The monoisotopic (exact) mass is 1080 g/mol. The molecule has 0 rings (SSSR count). The summed E-state index contributed by atoms with van der Waals surface area (Å²) in [5, 5.41) is 0. The topological polar surface area (TPSA) is 78.9 Å². The quantitative estimate of drug-likeness (QED) is 0.0261. The number of hydrogen-bond acceptors (Lipinski definition) is 6. The number of carbonyl (C=O) groups excluding carboxylic acids is 3. The lowest BCUT2D eigenvalue weighted by molar-refractivity contribution is -0.167. The first-order chi connectivity index (χ1) is 38.0. The first-order valence-electron chi connectivity index (χ1n) is 34.1. The van der Waals surface area contributed by atoms with Crippen LogP contribution in [-0.4, -0.2) is 37.2 Å². The maximum absolute atomic E-state index is 12.9. The molecule has 0 saturated carbocycles. The zero-order chi connectivity index (χ0) is 55.7. The summed E-state index contributed by atoms with van der Waals surface area (Å²) in [5.74, 6) is -0.858. The van der Waals surface area contributed by atoms with E-state index in [4.69, 9.17) is 14.2 Å². The third-order valence-corrected chi connectivity index (χ3v) is 15.3. The molecule has 6 nitrogen and oxygen atoms in total. The van der Waals surface area contributed by atoms with Gasteiger partial charge in [-0.05, 0) is 83.5 Å². The Morgan fingerprint density at radius 1 is 0.260 bits per heavy atom. The second-order valence-electron chi connectivity index (χ2n) is 23.1. The average molecular weight is 1080 g/mol. The van der Waals surface area contributed by atoms with Crippen LogP contribution in [0, 0.1) is 0 Å². The van der Waals surface area contributed by atoms with Crippen molar-refractivity contribution in [3.05, 3.63) is 48.6 Å². The maximum atomic E-state index is 12.9. The minimum atomic E-state index is -0.771. The molecule has 0 fully saturated rings. The van der Waals surface area contributed by atoms with Crippen molar-refractivity contribution in [2.45, 2.75) is 374 Å². The van der Waals surface area contributed by atoms with E-state index in [9.17, 15) is 14.4 Å². The van der Waals surface area contributed by atoms with Crippen LogP contribution >= 0.6 is 0 Å². The fraction of sp³-hybridized carbons (Fsp3) is 0.845. The second-order valence-corrected chi connectivity index (χ2v) is 23.1. The van der Waals surface area contributed by atoms with Gasteiger partial charge in [-0.1, -0.05) is 313 Å². The van der Waals surface area contributed by atoms with Crippen LogP contribution in [0.1, 0.15) is 367 Å². The smallest absolute Gasteiger partial charge is 0.306 e. The molecule has 0 aromatic rings. The second kappa shape index (κ2) is 65.9. The van der Waals surface area contributed by atoms with E-state index < -0.39 is 6.10 Å². The lowest BCUT2D eigenvalue weighted by Gasteiger charge is -2.18. The normalized spacial score (nSPS) is 12.3. The SMILES string of the molecule is CCCCCCC/C=C\C/C=C\C/C=C\CCCCCCCCCCCCCCCCCCCCC(=O)OCC(COC(=O)CCCCCCCCCC)OC(=O)CCCCCCCCC/C=C\CCCCCCCCC. The minimum Gasteiger partial charge on any atom is -0.462 e. The summed E-state index contributed by atoms with van der Waals surface area (Å²) in [6.45, 7) is 6.64. The van der Waals surface area contributed by atoms with Gasteiger partial charge in [0.25, 0.3) is 0 Å². The van der Waals surface area contributed by atoms with Gasteiger partial charge < -0.3 is 14.2 Å². The van der Waals surface area contributed by atoms with E-state index in [1.807, 2.05) is 0 Å². The van der Waals surface area contributed by atoms with Crippen molar-refractivity contribution in [1.29, 1.82) is 0 Å². The Bertz CT molecular complexity index is 1330. The van der Waals surface area contributed by atoms with Gasteiger partial charge in [0.1, 0.15) is 13.2 Å². The van der Waals surface area contributed by atoms with Crippen molar-refractivity contribution < 1.29 is 28.6 Å². The first kappa shape index (κ1) is 74.4. The van der Waals surface area contributed by atoms with E-state index >= 15 is 0 Å². The van der Waals surface area contributed by atoms with Crippen LogP contribution in [0.4, 0.5) is 0 Å². The summed E-state index contributed by atoms with van der Waals surface area (Å²) in [5.41, 5.74) is 0. The number of esters is 3. The number of unbranched alkanes of at least 4 members (excludes halogenated alkanes) is 44. The molecule has 0 aliphatic carbocycles. The zero-order valence-electron chi connectivity index (χ0n) is 51.7. The predicted octanol–water partition coefficient (Wildman–Crippen LogP) is 23.3. The highest BCUT2D eigenvalue weighted by Crippen LogP contribution is 2.18. The van der Waals surface area contributed by atoms with Gasteiger partial charge in [0.15, 0.2) is 6.10 Å². The number of rotatable bonds is 63. The van der Waals surface area contributed by atoms with E-state index in [-0.39, 0.29) is 31.1 Å². The van der Waals surface area contributed by atoms with Gasteiger partial charge in [-0.3, -0.25) is 14.4 Å². The van der Waals surface area contributed by atoms with Crippen LogP contribution in [0.3, 0.4) is 0 Å². The number of carbonyl (C=O) groups is 3. The predicted molar refractivity (Wildman–Crippen MR) is 335 cm³/mol. The fourth-order valence-electron chi connectivity index (χ4n) is 10.2. The Labute approximate surface area is 479 Å². The Balaban J connectivity index is 4.03. The van der Waals surface area contributed by atoms with E-state index in [0.29, 0.717) is 19.3 Å². The third kappa shape index (κ3) is 64.1. The van der Waals surface area contributed by atoms with E-state index in [1.54, 1.807) is 0 Å². The molecule has 0 amide bonds. The summed E-state index contributed by atoms with van der Waals surface area (Å²) < 4.78 is 16.9. The molecule has 0 bridgehead atoms. The van der Waals surface area contributed by atoms with Crippen molar-refractivity contribution in [3.63, 3.8) is 0 Å². The summed E-state index contributed by atoms with van der Waals surface area (Å²) in [6, 6.07) is 0.